The monoisotopic (exact) mass is 355 g/mol. The molecule has 0 bridgehead atoms. The summed E-state index contributed by atoms with van der Waals surface area (Å²) in [6.07, 6.45) is 3.33. The van der Waals surface area contributed by atoms with Crippen molar-refractivity contribution in [2.24, 2.45) is 0 Å². The summed E-state index contributed by atoms with van der Waals surface area (Å²) < 4.78 is 21.6. The van der Waals surface area contributed by atoms with Crippen molar-refractivity contribution in [1.82, 2.24) is 9.97 Å². The van der Waals surface area contributed by atoms with E-state index in [2.05, 4.69) is 9.97 Å². The molecule has 1 aromatic carbocycles. The van der Waals surface area contributed by atoms with Crippen molar-refractivity contribution in [1.29, 1.82) is 0 Å². The highest BCUT2D eigenvalue weighted by Gasteiger charge is 2.08. The number of hydrogen-bond acceptors (Lipinski definition) is 6. The number of benzene rings is 1. The van der Waals surface area contributed by atoms with Crippen LogP contribution in [0.3, 0.4) is 0 Å². The van der Waals surface area contributed by atoms with Crippen LogP contribution in [-0.2, 0) is 23.1 Å². The Labute approximate surface area is 147 Å². The van der Waals surface area contributed by atoms with E-state index in [4.69, 9.17) is 10.8 Å². The van der Waals surface area contributed by atoms with Gasteiger partial charge in [-0.05, 0) is 23.3 Å². The SMILES string of the molecule is Nc1ncc(-c2ccc(C[SH](=O)=O)cc2)cc1-c1ccc(CO)nc1. The van der Waals surface area contributed by atoms with Gasteiger partial charge in [-0.1, -0.05) is 30.3 Å². The highest BCUT2D eigenvalue weighted by molar-refractivity contribution is 7.71. The standard InChI is InChI=1S/C18H17N3O3S/c19-18-17(14-5-6-16(10-22)20-8-14)7-15(9-21-18)13-3-1-12(2-4-13)11-25(23)24/h1-9,22,25H,10-11H2,(H2,19,21). The van der Waals surface area contributed by atoms with Gasteiger partial charge in [0.2, 0.25) is 0 Å². The molecule has 0 saturated carbocycles. The minimum Gasteiger partial charge on any atom is -0.390 e. The second kappa shape index (κ2) is 7.42. The Kier molecular flexibility index (Phi) is 5.06. The maximum absolute atomic E-state index is 10.8. The van der Waals surface area contributed by atoms with Crippen LogP contribution in [0.5, 0.6) is 0 Å². The lowest BCUT2D eigenvalue weighted by molar-refractivity contribution is 0.277. The number of pyridine rings is 2. The maximum Gasteiger partial charge on any atom is 0.144 e. The normalized spacial score (nSPS) is 11.0. The molecule has 3 rings (SSSR count). The van der Waals surface area contributed by atoms with Gasteiger partial charge in [0, 0.05) is 29.1 Å². The number of nitrogens with zero attached hydrogens (tertiary/aromatic N) is 2. The molecular weight excluding hydrogens is 338 g/mol. The van der Waals surface area contributed by atoms with E-state index in [1.165, 1.54) is 0 Å². The molecule has 0 aliphatic carbocycles. The lowest BCUT2D eigenvalue weighted by atomic mass is 10.0. The second-order valence-corrected chi connectivity index (χ2v) is 6.52. The predicted molar refractivity (Wildman–Crippen MR) is 97.3 cm³/mol. The van der Waals surface area contributed by atoms with Crippen molar-refractivity contribution >= 4 is 16.5 Å². The van der Waals surface area contributed by atoms with Gasteiger partial charge in [-0.15, -0.1) is 0 Å². The van der Waals surface area contributed by atoms with Crippen molar-refractivity contribution in [2.75, 3.05) is 5.73 Å². The van der Waals surface area contributed by atoms with E-state index in [1.807, 2.05) is 24.3 Å². The Morgan fingerprint density at radius 3 is 2.20 bits per heavy atom. The highest BCUT2D eigenvalue weighted by atomic mass is 32.2. The van der Waals surface area contributed by atoms with E-state index in [0.717, 1.165) is 27.8 Å². The molecule has 3 N–H and O–H groups in total. The van der Waals surface area contributed by atoms with E-state index < -0.39 is 10.7 Å². The van der Waals surface area contributed by atoms with E-state index in [9.17, 15) is 8.42 Å². The number of hydrogen-bond donors (Lipinski definition) is 3. The summed E-state index contributed by atoms with van der Waals surface area (Å²) in [4.78, 5) is 8.41. The third kappa shape index (κ3) is 4.01. The zero-order valence-electron chi connectivity index (χ0n) is 13.3. The van der Waals surface area contributed by atoms with Gasteiger partial charge < -0.3 is 10.8 Å². The van der Waals surface area contributed by atoms with Crippen LogP contribution in [0.25, 0.3) is 22.3 Å². The molecule has 0 amide bonds. The number of anilines is 1. The van der Waals surface area contributed by atoms with Crippen LogP contribution in [0.1, 0.15) is 11.3 Å². The zero-order valence-corrected chi connectivity index (χ0v) is 14.2. The molecule has 0 unspecified atom stereocenters. The summed E-state index contributed by atoms with van der Waals surface area (Å²) in [5, 5.41) is 9.09. The molecule has 0 aliphatic heterocycles. The van der Waals surface area contributed by atoms with Gasteiger partial charge in [0.1, 0.15) is 16.5 Å². The van der Waals surface area contributed by atoms with Crippen molar-refractivity contribution in [3.8, 4) is 22.3 Å². The minimum absolute atomic E-state index is 0.0315. The van der Waals surface area contributed by atoms with Gasteiger partial charge >= 0.3 is 0 Å². The molecule has 0 radical (unpaired) electrons. The first-order valence-electron chi connectivity index (χ1n) is 7.59. The van der Waals surface area contributed by atoms with Crippen molar-refractivity contribution < 1.29 is 13.5 Å². The number of rotatable bonds is 5. The van der Waals surface area contributed by atoms with Gasteiger partial charge in [-0.25, -0.2) is 13.4 Å². The molecule has 2 heterocycles. The van der Waals surface area contributed by atoms with E-state index in [1.54, 1.807) is 30.6 Å². The van der Waals surface area contributed by atoms with Crippen LogP contribution in [0.2, 0.25) is 0 Å². The van der Waals surface area contributed by atoms with Crippen molar-refractivity contribution in [3.05, 3.63) is 66.1 Å². The summed E-state index contributed by atoms with van der Waals surface area (Å²) in [6, 6.07) is 12.8. The zero-order chi connectivity index (χ0) is 17.8. The largest absolute Gasteiger partial charge is 0.390 e. The molecule has 25 heavy (non-hydrogen) atoms. The highest BCUT2D eigenvalue weighted by Crippen LogP contribution is 2.29. The van der Waals surface area contributed by atoms with Gasteiger partial charge in [-0.3, -0.25) is 4.98 Å². The summed E-state index contributed by atoms with van der Waals surface area (Å²) >= 11 is 0. The lowest BCUT2D eigenvalue weighted by Crippen LogP contribution is -1.96. The summed E-state index contributed by atoms with van der Waals surface area (Å²) in [7, 11) is -2.44. The smallest absolute Gasteiger partial charge is 0.144 e. The number of aromatic nitrogens is 2. The Morgan fingerprint density at radius 2 is 1.60 bits per heavy atom. The summed E-state index contributed by atoms with van der Waals surface area (Å²) in [5.41, 5.74) is 10.7. The first kappa shape index (κ1) is 17.1. The fourth-order valence-corrected chi connectivity index (χ4v) is 3.00. The van der Waals surface area contributed by atoms with E-state index in [-0.39, 0.29) is 12.4 Å². The molecule has 0 fully saturated rings. The van der Waals surface area contributed by atoms with Gasteiger partial charge in [0.25, 0.3) is 0 Å². The average Bonchev–Trinajstić information content (AvgIpc) is 2.62. The van der Waals surface area contributed by atoms with Gasteiger partial charge in [-0.2, -0.15) is 0 Å². The average molecular weight is 355 g/mol. The Bertz CT molecular complexity index is 944. The molecule has 0 saturated heterocycles. The van der Waals surface area contributed by atoms with E-state index in [0.29, 0.717) is 11.5 Å². The van der Waals surface area contributed by atoms with Crippen LogP contribution < -0.4 is 5.73 Å². The topological polar surface area (TPSA) is 106 Å². The molecule has 6 nitrogen and oxygen atoms in total. The fraction of sp³-hybridized carbons (Fsp3) is 0.111. The number of nitrogens with two attached hydrogens (primary N) is 1. The van der Waals surface area contributed by atoms with Gasteiger partial charge in [0.15, 0.2) is 0 Å². The second-order valence-electron chi connectivity index (χ2n) is 5.54. The number of thiol groups is 1. The summed E-state index contributed by atoms with van der Waals surface area (Å²) in [5.74, 6) is 0.422. The molecule has 3 aromatic rings. The Hall–Kier alpha value is -2.77. The summed E-state index contributed by atoms with van der Waals surface area (Å²) in [6.45, 7) is -0.116. The molecule has 128 valence electrons. The molecule has 7 heteroatoms. The lowest BCUT2D eigenvalue weighted by Gasteiger charge is -2.09. The first-order chi connectivity index (χ1) is 12.1. The first-order valence-corrected chi connectivity index (χ1v) is 8.96. The van der Waals surface area contributed by atoms with Crippen LogP contribution >= 0.6 is 0 Å². The van der Waals surface area contributed by atoms with Crippen LogP contribution in [0, 0.1) is 0 Å². The number of aliphatic hydroxyl groups excluding tert-OH is 1. The third-order valence-electron chi connectivity index (χ3n) is 3.82. The number of aliphatic hydroxyl groups is 1. The third-order valence-corrected chi connectivity index (χ3v) is 4.44. The van der Waals surface area contributed by atoms with Crippen LogP contribution in [0.4, 0.5) is 5.82 Å². The van der Waals surface area contributed by atoms with Crippen molar-refractivity contribution in [3.63, 3.8) is 0 Å². The molecule has 0 spiro atoms. The molecule has 0 atom stereocenters. The van der Waals surface area contributed by atoms with Gasteiger partial charge in [0.05, 0.1) is 18.1 Å². The fourth-order valence-electron chi connectivity index (χ4n) is 2.49. The molecule has 2 aromatic heterocycles. The molecule has 0 aliphatic rings. The number of nitrogen functional groups attached to an aromatic ring is 1. The predicted octanol–water partition coefficient (Wildman–Crippen LogP) is 2.00. The maximum atomic E-state index is 10.8. The van der Waals surface area contributed by atoms with E-state index >= 15 is 0 Å². The van der Waals surface area contributed by atoms with Crippen LogP contribution in [-0.4, -0.2) is 23.5 Å². The quantitative estimate of drug-likeness (QED) is 0.605. The van der Waals surface area contributed by atoms with Crippen LogP contribution in [0.15, 0.2) is 54.9 Å². The minimum atomic E-state index is -2.44. The molecular formula is C18H17N3O3S. The Morgan fingerprint density at radius 1 is 0.920 bits per heavy atom. The van der Waals surface area contributed by atoms with Crippen molar-refractivity contribution in [2.45, 2.75) is 12.4 Å². The Balaban J connectivity index is 1.95.